The average Bonchev–Trinajstić information content (AvgIpc) is 2.31. The van der Waals surface area contributed by atoms with Crippen molar-refractivity contribution < 1.29 is 5.11 Å². The van der Waals surface area contributed by atoms with Gasteiger partial charge in [-0.05, 0) is 19.3 Å². The second-order valence-electron chi connectivity index (χ2n) is 4.20. The Labute approximate surface area is 110 Å². The zero-order valence-electron chi connectivity index (χ0n) is 10.7. The van der Waals surface area contributed by atoms with Crippen LogP contribution in [0.1, 0.15) is 64.7 Å². The van der Waals surface area contributed by atoms with Crippen LogP contribution < -0.4 is 0 Å². The van der Waals surface area contributed by atoms with Crippen molar-refractivity contribution >= 4 is 21.6 Å². The molecule has 0 aliphatic heterocycles. The summed E-state index contributed by atoms with van der Waals surface area (Å²) in [5.41, 5.74) is 0. The van der Waals surface area contributed by atoms with E-state index in [-0.39, 0.29) is 0 Å². The van der Waals surface area contributed by atoms with E-state index < -0.39 is 0 Å². The van der Waals surface area contributed by atoms with Crippen molar-refractivity contribution in [2.24, 2.45) is 0 Å². The van der Waals surface area contributed by atoms with Crippen molar-refractivity contribution in [1.29, 1.82) is 0 Å². The SMILES string of the molecule is CCCCCCCSSCCCCCCO. The van der Waals surface area contributed by atoms with Crippen molar-refractivity contribution in [3.8, 4) is 0 Å². The summed E-state index contributed by atoms with van der Waals surface area (Å²) in [6.45, 7) is 2.63. The second kappa shape index (κ2) is 15.7. The Hall–Kier alpha value is 0.660. The van der Waals surface area contributed by atoms with Gasteiger partial charge in [-0.1, -0.05) is 67.0 Å². The van der Waals surface area contributed by atoms with Crippen LogP contribution in [0.25, 0.3) is 0 Å². The maximum atomic E-state index is 8.62. The molecular formula is C13H28OS2. The Morgan fingerprint density at radius 1 is 0.688 bits per heavy atom. The summed E-state index contributed by atoms with van der Waals surface area (Å²) in [4.78, 5) is 0. The number of aliphatic hydroxyl groups excluding tert-OH is 1. The van der Waals surface area contributed by atoms with Crippen molar-refractivity contribution in [1.82, 2.24) is 0 Å². The second-order valence-corrected chi connectivity index (χ2v) is 6.90. The monoisotopic (exact) mass is 264 g/mol. The van der Waals surface area contributed by atoms with Crippen LogP contribution in [-0.2, 0) is 0 Å². The molecule has 0 amide bonds. The number of hydrogen-bond acceptors (Lipinski definition) is 3. The molecule has 0 rings (SSSR count). The molecule has 0 unspecified atom stereocenters. The molecule has 0 aliphatic rings. The molecule has 0 atom stereocenters. The third-order valence-corrected chi connectivity index (χ3v) is 5.13. The van der Waals surface area contributed by atoms with Gasteiger partial charge in [-0.2, -0.15) is 0 Å². The van der Waals surface area contributed by atoms with E-state index >= 15 is 0 Å². The van der Waals surface area contributed by atoms with Crippen LogP contribution in [0, 0.1) is 0 Å². The van der Waals surface area contributed by atoms with Gasteiger partial charge in [0.1, 0.15) is 0 Å². The molecule has 0 bridgehead atoms. The largest absolute Gasteiger partial charge is 0.396 e. The van der Waals surface area contributed by atoms with E-state index in [1.165, 1.54) is 62.9 Å². The van der Waals surface area contributed by atoms with E-state index in [9.17, 15) is 0 Å². The molecule has 0 aliphatic carbocycles. The maximum absolute atomic E-state index is 8.62. The first-order chi connectivity index (χ1) is 7.91. The lowest BCUT2D eigenvalue weighted by molar-refractivity contribution is 0.283. The molecule has 3 heteroatoms. The lowest BCUT2D eigenvalue weighted by atomic mass is 10.2. The smallest absolute Gasteiger partial charge is 0.0431 e. The number of rotatable bonds is 13. The predicted molar refractivity (Wildman–Crippen MR) is 79.2 cm³/mol. The highest BCUT2D eigenvalue weighted by Gasteiger charge is 1.93. The summed E-state index contributed by atoms with van der Waals surface area (Å²) in [5.74, 6) is 2.61. The van der Waals surface area contributed by atoms with Crippen LogP contribution in [-0.4, -0.2) is 23.2 Å². The summed E-state index contributed by atoms with van der Waals surface area (Å²) in [5, 5.41) is 8.62. The molecule has 0 saturated heterocycles. The van der Waals surface area contributed by atoms with Crippen LogP contribution in [0.3, 0.4) is 0 Å². The molecule has 0 saturated carbocycles. The summed E-state index contributed by atoms with van der Waals surface area (Å²) in [7, 11) is 4.07. The fourth-order valence-corrected chi connectivity index (χ4v) is 3.80. The predicted octanol–water partition coefficient (Wildman–Crippen LogP) is 4.89. The third kappa shape index (κ3) is 14.7. The molecule has 0 aromatic rings. The molecule has 1 N–H and O–H groups in total. The summed E-state index contributed by atoms with van der Waals surface area (Å²) in [6.07, 6.45) is 11.7. The van der Waals surface area contributed by atoms with Gasteiger partial charge in [0.2, 0.25) is 0 Å². The lowest BCUT2D eigenvalue weighted by Crippen LogP contribution is -1.85. The van der Waals surface area contributed by atoms with Gasteiger partial charge in [-0.15, -0.1) is 0 Å². The van der Waals surface area contributed by atoms with E-state index in [0.29, 0.717) is 6.61 Å². The van der Waals surface area contributed by atoms with Crippen molar-refractivity contribution in [2.45, 2.75) is 64.7 Å². The minimum absolute atomic E-state index is 0.361. The summed E-state index contributed by atoms with van der Waals surface area (Å²) < 4.78 is 0. The van der Waals surface area contributed by atoms with Gasteiger partial charge in [0.05, 0.1) is 0 Å². The topological polar surface area (TPSA) is 20.2 Å². The molecule has 1 nitrogen and oxygen atoms in total. The average molecular weight is 264 g/mol. The van der Waals surface area contributed by atoms with Crippen LogP contribution in [0.2, 0.25) is 0 Å². The molecular weight excluding hydrogens is 236 g/mol. The van der Waals surface area contributed by atoms with E-state index in [1.54, 1.807) is 0 Å². The zero-order valence-corrected chi connectivity index (χ0v) is 12.4. The fraction of sp³-hybridized carbons (Fsp3) is 1.00. The summed E-state index contributed by atoms with van der Waals surface area (Å²) >= 11 is 0. The minimum Gasteiger partial charge on any atom is -0.396 e. The van der Waals surface area contributed by atoms with Crippen LogP contribution in [0.15, 0.2) is 0 Å². The normalized spacial score (nSPS) is 10.9. The van der Waals surface area contributed by atoms with Gasteiger partial charge < -0.3 is 5.11 Å². The zero-order chi connectivity index (χ0) is 11.9. The van der Waals surface area contributed by atoms with E-state index in [1.807, 2.05) is 21.6 Å². The van der Waals surface area contributed by atoms with Crippen molar-refractivity contribution in [3.05, 3.63) is 0 Å². The standard InChI is InChI=1S/C13H28OS2/c1-2-3-4-6-9-12-15-16-13-10-7-5-8-11-14/h14H,2-13H2,1H3. The Bertz CT molecular complexity index is 107. The van der Waals surface area contributed by atoms with Crippen LogP contribution in [0.4, 0.5) is 0 Å². The first-order valence-electron chi connectivity index (χ1n) is 6.77. The van der Waals surface area contributed by atoms with Crippen LogP contribution >= 0.6 is 21.6 Å². The van der Waals surface area contributed by atoms with Gasteiger partial charge in [-0.25, -0.2) is 0 Å². The molecule has 0 spiro atoms. The number of hydrogen-bond donors (Lipinski definition) is 1. The van der Waals surface area contributed by atoms with E-state index in [0.717, 1.165) is 6.42 Å². The summed E-state index contributed by atoms with van der Waals surface area (Å²) in [6, 6.07) is 0. The maximum Gasteiger partial charge on any atom is 0.0431 e. The van der Waals surface area contributed by atoms with Gasteiger partial charge in [-0.3, -0.25) is 0 Å². The van der Waals surface area contributed by atoms with Gasteiger partial charge in [0, 0.05) is 18.1 Å². The van der Waals surface area contributed by atoms with Crippen LogP contribution in [0.5, 0.6) is 0 Å². The molecule has 0 heterocycles. The van der Waals surface area contributed by atoms with Crippen molar-refractivity contribution in [2.75, 3.05) is 18.1 Å². The van der Waals surface area contributed by atoms with Gasteiger partial charge in [0.15, 0.2) is 0 Å². The quantitative estimate of drug-likeness (QED) is 0.378. The Morgan fingerprint density at radius 3 is 1.69 bits per heavy atom. The van der Waals surface area contributed by atoms with E-state index in [2.05, 4.69) is 6.92 Å². The molecule has 0 fully saturated rings. The number of aliphatic hydroxyl groups is 1. The van der Waals surface area contributed by atoms with Gasteiger partial charge >= 0.3 is 0 Å². The molecule has 0 aromatic heterocycles. The van der Waals surface area contributed by atoms with Gasteiger partial charge in [0.25, 0.3) is 0 Å². The molecule has 0 aromatic carbocycles. The van der Waals surface area contributed by atoms with E-state index in [4.69, 9.17) is 5.11 Å². The lowest BCUT2D eigenvalue weighted by Gasteiger charge is -2.01. The minimum atomic E-state index is 0.361. The Morgan fingerprint density at radius 2 is 1.19 bits per heavy atom. The highest BCUT2D eigenvalue weighted by Crippen LogP contribution is 2.24. The van der Waals surface area contributed by atoms with Crippen molar-refractivity contribution in [3.63, 3.8) is 0 Å². The fourth-order valence-electron chi connectivity index (χ4n) is 1.51. The first kappa shape index (κ1) is 16.7. The molecule has 0 radical (unpaired) electrons. The highest BCUT2D eigenvalue weighted by molar-refractivity contribution is 8.76. The Kier molecular flexibility index (Phi) is 16.3. The molecule has 16 heavy (non-hydrogen) atoms. The Balaban J connectivity index is 2.83. The first-order valence-corrected chi connectivity index (χ1v) is 9.26. The molecule has 98 valence electrons. The third-order valence-electron chi connectivity index (χ3n) is 2.55. The number of unbranched alkanes of at least 4 members (excludes halogenated alkanes) is 7. The highest BCUT2D eigenvalue weighted by atomic mass is 33.1.